The number of hydrogen-bond acceptors (Lipinski definition) is 2. The van der Waals surface area contributed by atoms with Crippen LogP contribution in [0.2, 0.25) is 0 Å². The van der Waals surface area contributed by atoms with Crippen LogP contribution in [-0.4, -0.2) is 20.9 Å². The molecule has 1 aromatic carbocycles. The maximum atomic E-state index is 12.3. The van der Waals surface area contributed by atoms with Crippen molar-refractivity contribution in [3.8, 4) is 0 Å². The van der Waals surface area contributed by atoms with Crippen LogP contribution in [0.15, 0.2) is 42.9 Å². The Morgan fingerprint density at radius 3 is 2.91 bits per heavy atom. The third kappa shape index (κ3) is 3.92. The molecule has 1 unspecified atom stereocenters. The van der Waals surface area contributed by atoms with Gasteiger partial charge < -0.3 is 10.3 Å². The van der Waals surface area contributed by atoms with Crippen molar-refractivity contribution in [1.82, 2.24) is 20.1 Å². The highest BCUT2D eigenvalue weighted by atomic mass is 19.4. The molecule has 0 radical (unpaired) electrons. The molecule has 4 nitrogen and oxygen atoms in total. The summed E-state index contributed by atoms with van der Waals surface area (Å²) in [6.07, 6.45) is 0.532. The quantitative estimate of drug-likeness (QED) is 0.751. The van der Waals surface area contributed by atoms with Crippen LogP contribution in [0.1, 0.15) is 24.1 Å². The van der Waals surface area contributed by atoms with Crippen molar-refractivity contribution in [2.45, 2.75) is 32.2 Å². The van der Waals surface area contributed by atoms with E-state index in [0.717, 1.165) is 26.7 Å². The van der Waals surface area contributed by atoms with Gasteiger partial charge in [-0.25, -0.2) is 0 Å². The van der Waals surface area contributed by atoms with Crippen molar-refractivity contribution in [1.29, 1.82) is 0 Å². The van der Waals surface area contributed by atoms with Crippen molar-refractivity contribution < 1.29 is 13.2 Å². The number of rotatable bonds is 5. The number of H-pyrrole nitrogens is 1. The Labute approximate surface area is 131 Å². The first-order chi connectivity index (χ1) is 10.9. The highest BCUT2D eigenvalue weighted by Gasteiger charge is 2.28. The van der Waals surface area contributed by atoms with Crippen LogP contribution >= 0.6 is 0 Å². The van der Waals surface area contributed by atoms with Gasteiger partial charge in [-0.05, 0) is 36.1 Å². The molecule has 3 rings (SSSR count). The fourth-order valence-corrected chi connectivity index (χ4v) is 2.47. The van der Waals surface area contributed by atoms with E-state index < -0.39 is 12.7 Å². The summed E-state index contributed by atoms with van der Waals surface area (Å²) in [5.74, 6) is 0. The van der Waals surface area contributed by atoms with E-state index in [1.54, 1.807) is 0 Å². The van der Waals surface area contributed by atoms with Crippen molar-refractivity contribution >= 4 is 10.9 Å². The average Bonchev–Trinajstić information content (AvgIpc) is 3.11. The maximum absolute atomic E-state index is 12.3. The van der Waals surface area contributed by atoms with Gasteiger partial charge in [0.1, 0.15) is 6.54 Å². The molecular formula is C16H17F3N4. The molecule has 2 N–H and O–H groups in total. The summed E-state index contributed by atoms with van der Waals surface area (Å²) in [4.78, 5) is 3.14. The lowest BCUT2D eigenvalue weighted by molar-refractivity contribution is -0.142. The van der Waals surface area contributed by atoms with Gasteiger partial charge in [0.2, 0.25) is 0 Å². The Morgan fingerprint density at radius 1 is 1.30 bits per heavy atom. The molecule has 0 bridgehead atoms. The number of aromatic nitrogens is 3. The molecule has 1 atom stereocenters. The Kier molecular flexibility index (Phi) is 4.12. The van der Waals surface area contributed by atoms with Crippen molar-refractivity contribution in [3.05, 3.63) is 54.0 Å². The molecule has 0 saturated carbocycles. The molecule has 3 aromatic rings. The summed E-state index contributed by atoms with van der Waals surface area (Å²) in [5, 5.41) is 8.20. The van der Waals surface area contributed by atoms with Crippen molar-refractivity contribution in [3.63, 3.8) is 0 Å². The van der Waals surface area contributed by atoms with Gasteiger partial charge in [0, 0.05) is 36.1 Å². The van der Waals surface area contributed by atoms with Crippen molar-refractivity contribution in [2.24, 2.45) is 0 Å². The van der Waals surface area contributed by atoms with Crippen LogP contribution in [0.5, 0.6) is 0 Å². The number of fused-ring (bicyclic) bond motifs is 1. The van der Waals surface area contributed by atoms with Gasteiger partial charge >= 0.3 is 6.18 Å². The molecule has 23 heavy (non-hydrogen) atoms. The number of hydrogen-bond donors (Lipinski definition) is 2. The SMILES string of the molecule is CC(NCc1ccc2[nH]ccc2c1)c1cnn(CC(F)(F)F)c1. The number of halogens is 3. The van der Waals surface area contributed by atoms with Gasteiger partial charge in [-0.15, -0.1) is 0 Å². The van der Waals surface area contributed by atoms with E-state index in [4.69, 9.17) is 0 Å². The van der Waals surface area contributed by atoms with Gasteiger partial charge in [-0.2, -0.15) is 18.3 Å². The molecule has 7 heteroatoms. The second-order valence-corrected chi connectivity index (χ2v) is 5.59. The second kappa shape index (κ2) is 6.08. The zero-order valence-electron chi connectivity index (χ0n) is 12.6. The summed E-state index contributed by atoms with van der Waals surface area (Å²) < 4.78 is 37.9. The number of alkyl halides is 3. The summed E-state index contributed by atoms with van der Waals surface area (Å²) in [6.45, 7) is 1.47. The number of nitrogens with one attached hydrogen (secondary N) is 2. The van der Waals surface area contributed by atoms with E-state index in [1.165, 1.54) is 12.4 Å². The highest BCUT2D eigenvalue weighted by Crippen LogP contribution is 2.19. The van der Waals surface area contributed by atoms with Crippen LogP contribution in [-0.2, 0) is 13.1 Å². The molecule has 2 heterocycles. The molecule has 0 saturated heterocycles. The minimum atomic E-state index is -4.26. The summed E-state index contributed by atoms with van der Waals surface area (Å²) in [6, 6.07) is 8.03. The van der Waals surface area contributed by atoms with Crippen LogP contribution in [0, 0.1) is 0 Å². The molecule has 0 aliphatic rings. The minimum Gasteiger partial charge on any atom is -0.361 e. The van der Waals surface area contributed by atoms with Gasteiger partial charge in [-0.3, -0.25) is 4.68 Å². The Balaban J connectivity index is 1.61. The van der Waals surface area contributed by atoms with Crippen molar-refractivity contribution in [2.75, 3.05) is 0 Å². The zero-order valence-corrected chi connectivity index (χ0v) is 12.6. The van der Waals surface area contributed by atoms with Gasteiger partial charge in [-0.1, -0.05) is 6.07 Å². The molecule has 0 spiro atoms. The van der Waals surface area contributed by atoms with E-state index in [9.17, 15) is 13.2 Å². The smallest absolute Gasteiger partial charge is 0.361 e. The number of nitrogens with zero attached hydrogens (tertiary/aromatic N) is 2. The molecule has 2 aromatic heterocycles. The molecule has 0 fully saturated rings. The van der Waals surface area contributed by atoms with Gasteiger partial charge in [0.15, 0.2) is 0 Å². The fraction of sp³-hybridized carbons (Fsp3) is 0.312. The van der Waals surface area contributed by atoms with Crippen LogP contribution < -0.4 is 5.32 Å². The van der Waals surface area contributed by atoms with Crippen LogP contribution in [0.4, 0.5) is 13.2 Å². The normalized spacial score (nSPS) is 13.6. The lowest BCUT2D eigenvalue weighted by atomic mass is 10.1. The van der Waals surface area contributed by atoms with Crippen LogP contribution in [0.3, 0.4) is 0 Å². The first kappa shape index (κ1) is 15.6. The fourth-order valence-electron chi connectivity index (χ4n) is 2.47. The largest absolute Gasteiger partial charge is 0.408 e. The van der Waals surface area contributed by atoms with E-state index in [-0.39, 0.29) is 6.04 Å². The Hall–Kier alpha value is -2.28. The molecule has 0 aliphatic carbocycles. The summed E-state index contributed by atoms with van der Waals surface area (Å²) >= 11 is 0. The standard InChI is InChI=1S/C16H17F3N4/c1-11(14-8-22-23(9-14)10-16(17,18)19)21-7-12-2-3-15-13(6-12)4-5-20-15/h2-6,8-9,11,20-21H,7,10H2,1H3. The zero-order chi connectivity index (χ0) is 16.4. The summed E-state index contributed by atoms with van der Waals surface area (Å²) in [5.41, 5.74) is 2.93. The highest BCUT2D eigenvalue weighted by molar-refractivity contribution is 5.79. The topological polar surface area (TPSA) is 45.6 Å². The number of benzene rings is 1. The molecule has 0 aliphatic heterocycles. The van der Waals surface area contributed by atoms with E-state index >= 15 is 0 Å². The first-order valence-corrected chi connectivity index (χ1v) is 7.29. The van der Waals surface area contributed by atoms with Crippen LogP contribution in [0.25, 0.3) is 10.9 Å². The van der Waals surface area contributed by atoms with Gasteiger partial charge in [0.05, 0.1) is 6.20 Å². The first-order valence-electron chi connectivity index (χ1n) is 7.29. The average molecular weight is 322 g/mol. The predicted molar refractivity (Wildman–Crippen MR) is 81.8 cm³/mol. The molecule has 0 amide bonds. The monoisotopic (exact) mass is 322 g/mol. The van der Waals surface area contributed by atoms with E-state index in [0.29, 0.717) is 6.54 Å². The minimum absolute atomic E-state index is 0.0843. The Bertz CT molecular complexity index is 788. The maximum Gasteiger partial charge on any atom is 0.408 e. The lowest BCUT2D eigenvalue weighted by Crippen LogP contribution is -2.19. The molecule has 122 valence electrons. The van der Waals surface area contributed by atoms with E-state index in [1.807, 2.05) is 31.3 Å². The summed E-state index contributed by atoms with van der Waals surface area (Å²) in [7, 11) is 0. The molecular weight excluding hydrogens is 305 g/mol. The number of aromatic amines is 1. The lowest BCUT2D eigenvalue weighted by Gasteiger charge is -2.12. The second-order valence-electron chi connectivity index (χ2n) is 5.59. The van der Waals surface area contributed by atoms with Gasteiger partial charge in [0.25, 0.3) is 0 Å². The predicted octanol–water partition coefficient (Wildman–Crippen LogP) is 3.78. The van der Waals surface area contributed by atoms with E-state index in [2.05, 4.69) is 21.5 Å². The third-order valence-electron chi connectivity index (χ3n) is 3.72. The Morgan fingerprint density at radius 2 is 2.13 bits per heavy atom. The third-order valence-corrected chi connectivity index (χ3v) is 3.72.